The third-order valence-electron chi connectivity index (χ3n) is 3.03. The molecule has 0 aliphatic heterocycles. The van der Waals surface area contributed by atoms with Crippen molar-refractivity contribution in [2.45, 2.75) is 0 Å². The molecule has 0 aliphatic carbocycles. The summed E-state index contributed by atoms with van der Waals surface area (Å²) in [6.45, 7) is 0. The van der Waals surface area contributed by atoms with Crippen molar-refractivity contribution in [1.82, 2.24) is 4.57 Å². The fourth-order valence-electron chi connectivity index (χ4n) is 2.25. The van der Waals surface area contributed by atoms with E-state index in [-0.39, 0.29) is 5.82 Å². The van der Waals surface area contributed by atoms with Gasteiger partial charge in [-0.05, 0) is 23.8 Å². The number of halogens is 1. The van der Waals surface area contributed by atoms with E-state index in [0.717, 1.165) is 16.6 Å². The molecule has 2 aromatic carbocycles. The van der Waals surface area contributed by atoms with Gasteiger partial charge in [-0.25, -0.2) is 4.39 Å². The predicted molar refractivity (Wildman–Crippen MR) is 68.3 cm³/mol. The summed E-state index contributed by atoms with van der Waals surface area (Å²) in [5, 5.41) is 1.18. The maximum atomic E-state index is 13.3. The summed E-state index contributed by atoms with van der Waals surface area (Å²) in [5.41, 5.74) is 3.12. The minimum atomic E-state index is -0.200. The van der Waals surface area contributed by atoms with Gasteiger partial charge in [0, 0.05) is 24.2 Å². The predicted octanol–water partition coefficient (Wildman–Crippen LogP) is 3.98. The molecule has 0 radical (unpaired) electrons. The first kappa shape index (κ1) is 10.1. The van der Waals surface area contributed by atoms with Crippen LogP contribution in [0.15, 0.2) is 54.7 Å². The highest BCUT2D eigenvalue weighted by Gasteiger charge is 2.06. The first-order chi connectivity index (χ1) is 8.25. The number of hydrogen-bond acceptors (Lipinski definition) is 0. The summed E-state index contributed by atoms with van der Waals surface area (Å²) < 4.78 is 15.3. The van der Waals surface area contributed by atoms with E-state index in [1.165, 1.54) is 11.5 Å². The highest BCUT2D eigenvalue weighted by molar-refractivity contribution is 5.94. The van der Waals surface area contributed by atoms with E-state index in [9.17, 15) is 4.39 Å². The van der Waals surface area contributed by atoms with Gasteiger partial charge in [-0.3, -0.25) is 0 Å². The van der Waals surface area contributed by atoms with Crippen molar-refractivity contribution in [3.05, 3.63) is 60.5 Å². The number of hydrogen-bond donors (Lipinski definition) is 0. The number of fused-ring (bicyclic) bond motifs is 1. The topological polar surface area (TPSA) is 4.93 Å². The Morgan fingerprint density at radius 1 is 1.00 bits per heavy atom. The quantitative estimate of drug-likeness (QED) is 0.590. The minimum absolute atomic E-state index is 0.200. The molecule has 17 heavy (non-hydrogen) atoms. The van der Waals surface area contributed by atoms with E-state index in [1.807, 2.05) is 31.4 Å². The van der Waals surface area contributed by atoms with Crippen molar-refractivity contribution in [3.8, 4) is 11.1 Å². The van der Waals surface area contributed by atoms with Crippen LogP contribution in [-0.2, 0) is 7.05 Å². The average molecular weight is 225 g/mol. The molecule has 0 amide bonds. The lowest BCUT2D eigenvalue weighted by Crippen LogP contribution is -1.88. The number of aromatic nitrogens is 1. The smallest absolute Gasteiger partial charge is 0.123 e. The average Bonchev–Trinajstić information content (AvgIpc) is 2.71. The Kier molecular flexibility index (Phi) is 2.22. The molecule has 0 N–H and O–H groups in total. The Bertz CT molecular complexity index is 682. The number of nitrogens with zero attached hydrogens (tertiary/aromatic N) is 1. The zero-order chi connectivity index (χ0) is 11.8. The second-order valence-corrected chi connectivity index (χ2v) is 4.18. The van der Waals surface area contributed by atoms with Crippen LogP contribution in [0.5, 0.6) is 0 Å². The Labute approximate surface area is 99.1 Å². The zero-order valence-corrected chi connectivity index (χ0v) is 9.52. The second-order valence-electron chi connectivity index (χ2n) is 4.18. The molecule has 2 heteroatoms. The van der Waals surface area contributed by atoms with E-state index in [1.54, 1.807) is 12.1 Å². The van der Waals surface area contributed by atoms with Gasteiger partial charge in [-0.15, -0.1) is 0 Å². The van der Waals surface area contributed by atoms with Crippen molar-refractivity contribution in [1.29, 1.82) is 0 Å². The molecule has 0 saturated heterocycles. The Balaban J connectivity index is 2.33. The van der Waals surface area contributed by atoms with Crippen molar-refractivity contribution in [2.75, 3.05) is 0 Å². The fourth-order valence-corrected chi connectivity index (χ4v) is 2.25. The maximum absolute atomic E-state index is 13.3. The van der Waals surface area contributed by atoms with Crippen molar-refractivity contribution in [3.63, 3.8) is 0 Å². The SMILES string of the molecule is Cn1ccc2cccc(-c3cccc(F)c3)c21. The standard InChI is InChI=1S/C15H12FN/c1-17-9-8-11-4-3-7-14(15(11)17)12-5-2-6-13(16)10-12/h2-10H,1H3. The van der Waals surface area contributed by atoms with Crippen LogP contribution in [0.1, 0.15) is 0 Å². The lowest BCUT2D eigenvalue weighted by atomic mass is 10.0. The van der Waals surface area contributed by atoms with Crippen molar-refractivity contribution in [2.24, 2.45) is 7.05 Å². The lowest BCUT2D eigenvalue weighted by molar-refractivity contribution is 0.628. The van der Waals surface area contributed by atoms with Gasteiger partial charge in [0.1, 0.15) is 5.82 Å². The molecule has 0 spiro atoms. The van der Waals surface area contributed by atoms with Gasteiger partial charge in [-0.2, -0.15) is 0 Å². The molecule has 84 valence electrons. The number of rotatable bonds is 1. The minimum Gasteiger partial charge on any atom is -0.350 e. The van der Waals surface area contributed by atoms with Gasteiger partial charge in [0.2, 0.25) is 0 Å². The summed E-state index contributed by atoms with van der Waals surface area (Å²) in [7, 11) is 2.01. The fraction of sp³-hybridized carbons (Fsp3) is 0.0667. The number of aryl methyl sites for hydroxylation is 1. The summed E-state index contributed by atoms with van der Waals surface area (Å²) in [6.07, 6.45) is 2.02. The first-order valence-electron chi connectivity index (χ1n) is 5.56. The van der Waals surface area contributed by atoms with Crippen molar-refractivity contribution < 1.29 is 4.39 Å². The van der Waals surface area contributed by atoms with Gasteiger partial charge >= 0.3 is 0 Å². The van der Waals surface area contributed by atoms with E-state index in [4.69, 9.17) is 0 Å². The van der Waals surface area contributed by atoms with Crippen LogP contribution in [-0.4, -0.2) is 4.57 Å². The highest BCUT2D eigenvalue weighted by atomic mass is 19.1. The van der Waals surface area contributed by atoms with Crippen LogP contribution in [0.25, 0.3) is 22.0 Å². The van der Waals surface area contributed by atoms with Gasteiger partial charge in [0.05, 0.1) is 5.52 Å². The maximum Gasteiger partial charge on any atom is 0.123 e. The normalized spacial score (nSPS) is 10.9. The third kappa shape index (κ3) is 1.62. The van der Waals surface area contributed by atoms with Crippen molar-refractivity contribution >= 4 is 10.9 Å². The van der Waals surface area contributed by atoms with Gasteiger partial charge in [0.15, 0.2) is 0 Å². The van der Waals surface area contributed by atoms with Crippen LogP contribution < -0.4 is 0 Å². The molecule has 0 bridgehead atoms. The summed E-state index contributed by atoms with van der Waals surface area (Å²) >= 11 is 0. The Hall–Kier alpha value is -2.09. The Morgan fingerprint density at radius 2 is 1.82 bits per heavy atom. The molecule has 1 heterocycles. The first-order valence-corrected chi connectivity index (χ1v) is 5.56. The molecule has 0 unspecified atom stereocenters. The summed E-state index contributed by atoms with van der Waals surface area (Å²) in [5.74, 6) is -0.200. The van der Waals surface area contributed by atoms with Crippen LogP contribution in [0, 0.1) is 5.82 Å². The number of benzene rings is 2. The number of para-hydroxylation sites is 1. The molecule has 0 fully saturated rings. The van der Waals surface area contributed by atoms with Crippen LogP contribution in [0.4, 0.5) is 4.39 Å². The highest BCUT2D eigenvalue weighted by Crippen LogP contribution is 2.29. The molecular weight excluding hydrogens is 213 g/mol. The van der Waals surface area contributed by atoms with E-state index in [2.05, 4.69) is 16.7 Å². The second kappa shape index (κ2) is 3.74. The monoisotopic (exact) mass is 225 g/mol. The zero-order valence-electron chi connectivity index (χ0n) is 9.52. The van der Waals surface area contributed by atoms with Gasteiger partial charge in [0.25, 0.3) is 0 Å². The molecule has 1 aromatic heterocycles. The largest absolute Gasteiger partial charge is 0.350 e. The van der Waals surface area contributed by atoms with E-state index < -0.39 is 0 Å². The lowest BCUT2D eigenvalue weighted by Gasteiger charge is -2.06. The molecule has 1 nitrogen and oxygen atoms in total. The summed E-state index contributed by atoms with van der Waals surface area (Å²) in [4.78, 5) is 0. The van der Waals surface area contributed by atoms with Gasteiger partial charge < -0.3 is 4.57 Å². The molecule has 0 aliphatic rings. The van der Waals surface area contributed by atoms with Crippen LogP contribution >= 0.6 is 0 Å². The Morgan fingerprint density at radius 3 is 2.65 bits per heavy atom. The molecule has 3 aromatic rings. The summed E-state index contributed by atoms with van der Waals surface area (Å²) in [6, 6.07) is 14.9. The molecular formula is C15H12FN. The van der Waals surface area contributed by atoms with E-state index in [0.29, 0.717) is 0 Å². The van der Waals surface area contributed by atoms with Gasteiger partial charge in [-0.1, -0.05) is 30.3 Å². The third-order valence-corrected chi connectivity index (χ3v) is 3.03. The van der Waals surface area contributed by atoms with Crippen LogP contribution in [0.3, 0.4) is 0 Å². The molecule has 0 saturated carbocycles. The molecule has 3 rings (SSSR count). The molecule has 0 atom stereocenters. The van der Waals surface area contributed by atoms with E-state index >= 15 is 0 Å². The van der Waals surface area contributed by atoms with Crippen LogP contribution in [0.2, 0.25) is 0 Å².